The third kappa shape index (κ3) is 3.23. The van der Waals surface area contributed by atoms with Gasteiger partial charge in [-0.1, -0.05) is 26.2 Å². The molecule has 1 aliphatic rings. The van der Waals surface area contributed by atoms with Crippen molar-refractivity contribution >= 4 is 0 Å². The fourth-order valence-corrected chi connectivity index (χ4v) is 2.43. The first kappa shape index (κ1) is 12.4. The summed E-state index contributed by atoms with van der Waals surface area (Å²) in [6, 6.07) is 0.420. The summed E-state index contributed by atoms with van der Waals surface area (Å²) in [6.07, 6.45) is 7.04. The maximum absolute atomic E-state index is 9.67. The molecule has 0 bridgehead atoms. The van der Waals surface area contributed by atoms with Crippen molar-refractivity contribution in [2.24, 2.45) is 0 Å². The Kier molecular flexibility index (Phi) is 4.44. The van der Waals surface area contributed by atoms with Gasteiger partial charge in [0.25, 0.3) is 0 Å². The van der Waals surface area contributed by atoms with Crippen molar-refractivity contribution in [3.05, 3.63) is 5.82 Å². The molecule has 0 amide bonds. The third-order valence-corrected chi connectivity index (χ3v) is 3.29. The van der Waals surface area contributed by atoms with Gasteiger partial charge in [-0.25, -0.2) is 4.68 Å². The lowest BCUT2D eigenvalue weighted by atomic mass is 9.95. The first-order chi connectivity index (χ1) is 8.31. The van der Waals surface area contributed by atoms with Crippen LogP contribution in [0.3, 0.4) is 0 Å². The van der Waals surface area contributed by atoms with Gasteiger partial charge in [-0.15, -0.1) is 5.10 Å². The number of hydrogen-bond acceptors (Lipinski definition) is 5. The zero-order valence-corrected chi connectivity index (χ0v) is 10.4. The van der Waals surface area contributed by atoms with Gasteiger partial charge in [0.1, 0.15) is 0 Å². The van der Waals surface area contributed by atoms with E-state index in [0.717, 1.165) is 25.1 Å². The van der Waals surface area contributed by atoms with Gasteiger partial charge < -0.3 is 5.21 Å². The first-order valence-electron chi connectivity index (χ1n) is 6.52. The van der Waals surface area contributed by atoms with Gasteiger partial charge in [0.05, 0.1) is 12.6 Å². The Hall–Kier alpha value is -1.01. The number of hydroxylamine groups is 2. The van der Waals surface area contributed by atoms with Crippen molar-refractivity contribution < 1.29 is 5.21 Å². The molecule has 1 aliphatic carbocycles. The van der Waals surface area contributed by atoms with Crippen LogP contribution in [0.15, 0.2) is 0 Å². The zero-order chi connectivity index (χ0) is 12.1. The van der Waals surface area contributed by atoms with Crippen LogP contribution >= 0.6 is 0 Å². The minimum absolute atomic E-state index is 0.414. The molecular weight excluding hydrogens is 218 g/mol. The highest BCUT2D eigenvalue weighted by molar-refractivity contribution is 4.85. The summed E-state index contributed by atoms with van der Waals surface area (Å²) in [5.41, 5.74) is 0. The predicted octanol–water partition coefficient (Wildman–Crippen LogP) is 1.78. The minimum atomic E-state index is 0.414. The second-order valence-corrected chi connectivity index (χ2v) is 4.72. The van der Waals surface area contributed by atoms with E-state index in [1.54, 1.807) is 0 Å². The SMILES string of the molecule is CCCN(O)Cc1nnnn1C1CCCCC1. The van der Waals surface area contributed by atoms with Gasteiger partial charge >= 0.3 is 0 Å². The predicted molar refractivity (Wildman–Crippen MR) is 62.4 cm³/mol. The molecule has 0 unspecified atom stereocenters. The molecule has 0 aliphatic heterocycles. The molecule has 1 heterocycles. The Balaban J connectivity index is 2.00. The van der Waals surface area contributed by atoms with Gasteiger partial charge in [-0.3, -0.25) is 0 Å². The third-order valence-electron chi connectivity index (χ3n) is 3.29. The standard InChI is InChI=1S/C11H21N5O/c1-2-8-15(17)9-11-12-13-14-16(11)10-6-4-3-5-7-10/h10,17H,2-9H2,1H3. The van der Waals surface area contributed by atoms with Crippen molar-refractivity contribution in [1.29, 1.82) is 0 Å². The lowest BCUT2D eigenvalue weighted by Gasteiger charge is -2.23. The van der Waals surface area contributed by atoms with E-state index >= 15 is 0 Å². The Morgan fingerprint density at radius 3 is 2.82 bits per heavy atom. The molecule has 1 aromatic heterocycles. The number of tetrazole rings is 1. The molecule has 0 saturated heterocycles. The van der Waals surface area contributed by atoms with Crippen LogP contribution in [-0.2, 0) is 6.54 Å². The molecule has 6 heteroatoms. The Bertz CT molecular complexity index is 334. The van der Waals surface area contributed by atoms with E-state index in [9.17, 15) is 5.21 Å². The normalized spacial score (nSPS) is 17.8. The molecular formula is C11H21N5O. The molecule has 0 atom stereocenters. The summed E-state index contributed by atoms with van der Waals surface area (Å²) in [5, 5.41) is 22.8. The van der Waals surface area contributed by atoms with Crippen LogP contribution in [0.1, 0.15) is 57.3 Å². The van der Waals surface area contributed by atoms with Crippen LogP contribution < -0.4 is 0 Å². The van der Waals surface area contributed by atoms with E-state index in [-0.39, 0.29) is 0 Å². The molecule has 1 N–H and O–H groups in total. The van der Waals surface area contributed by atoms with Gasteiger partial charge in [0.15, 0.2) is 5.82 Å². The van der Waals surface area contributed by atoms with E-state index in [1.165, 1.54) is 24.3 Å². The van der Waals surface area contributed by atoms with Crippen molar-refractivity contribution in [1.82, 2.24) is 25.3 Å². The molecule has 0 radical (unpaired) electrons. The number of hydrogen-bond donors (Lipinski definition) is 1. The van der Waals surface area contributed by atoms with Crippen LogP contribution in [0.25, 0.3) is 0 Å². The number of rotatable bonds is 5. The van der Waals surface area contributed by atoms with E-state index < -0.39 is 0 Å². The lowest BCUT2D eigenvalue weighted by molar-refractivity contribution is -0.102. The van der Waals surface area contributed by atoms with Crippen LogP contribution in [0.2, 0.25) is 0 Å². The van der Waals surface area contributed by atoms with Gasteiger partial charge in [0.2, 0.25) is 0 Å². The summed E-state index contributed by atoms with van der Waals surface area (Å²) in [4.78, 5) is 0. The fourth-order valence-electron chi connectivity index (χ4n) is 2.43. The van der Waals surface area contributed by atoms with Crippen LogP contribution in [0.5, 0.6) is 0 Å². The maximum atomic E-state index is 9.67. The Labute approximate surface area is 102 Å². The molecule has 2 rings (SSSR count). The number of nitrogens with zero attached hydrogens (tertiary/aromatic N) is 5. The summed E-state index contributed by atoms with van der Waals surface area (Å²) in [5.74, 6) is 0.771. The van der Waals surface area contributed by atoms with Gasteiger partial charge in [0, 0.05) is 6.54 Å². The largest absolute Gasteiger partial charge is 0.314 e. The molecule has 0 spiro atoms. The minimum Gasteiger partial charge on any atom is -0.314 e. The number of aromatic nitrogens is 4. The fraction of sp³-hybridized carbons (Fsp3) is 0.909. The average molecular weight is 239 g/mol. The Morgan fingerprint density at radius 2 is 2.12 bits per heavy atom. The summed E-state index contributed by atoms with van der Waals surface area (Å²) >= 11 is 0. The van der Waals surface area contributed by atoms with E-state index in [0.29, 0.717) is 19.1 Å². The van der Waals surface area contributed by atoms with Crippen LogP contribution in [0.4, 0.5) is 0 Å². The quantitative estimate of drug-likeness (QED) is 0.793. The van der Waals surface area contributed by atoms with E-state index in [2.05, 4.69) is 15.5 Å². The van der Waals surface area contributed by atoms with Crippen LogP contribution in [0, 0.1) is 0 Å². The van der Waals surface area contributed by atoms with Crippen molar-refractivity contribution in [2.45, 2.75) is 58.0 Å². The molecule has 96 valence electrons. The molecule has 1 aromatic rings. The monoisotopic (exact) mass is 239 g/mol. The topological polar surface area (TPSA) is 67.1 Å². The molecule has 1 saturated carbocycles. The molecule has 6 nitrogen and oxygen atoms in total. The summed E-state index contributed by atoms with van der Waals surface area (Å²) in [7, 11) is 0. The van der Waals surface area contributed by atoms with Gasteiger partial charge in [-0.05, 0) is 29.7 Å². The van der Waals surface area contributed by atoms with Crippen LogP contribution in [-0.4, -0.2) is 37.0 Å². The highest BCUT2D eigenvalue weighted by Crippen LogP contribution is 2.27. The Morgan fingerprint density at radius 1 is 1.35 bits per heavy atom. The smallest absolute Gasteiger partial charge is 0.167 e. The molecule has 0 aromatic carbocycles. The van der Waals surface area contributed by atoms with Crippen molar-refractivity contribution in [3.63, 3.8) is 0 Å². The van der Waals surface area contributed by atoms with Gasteiger partial charge in [-0.2, -0.15) is 5.06 Å². The summed E-state index contributed by atoms with van der Waals surface area (Å²) in [6.45, 7) is 3.10. The second kappa shape index (κ2) is 6.07. The summed E-state index contributed by atoms with van der Waals surface area (Å²) < 4.78 is 1.90. The average Bonchev–Trinajstić information content (AvgIpc) is 2.78. The highest BCUT2D eigenvalue weighted by Gasteiger charge is 2.20. The lowest BCUT2D eigenvalue weighted by Crippen LogP contribution is -2.24. The maximum Gasteiger partial charge on any atom is 0.167 e. The van der Waals surface area contributed by atoms with Crippen molar-refractivity contribution in [2.75, 3.05) is 6.54 Å². The second-order valence-electron chi connectivity index (χ2n) is 4.72. The molecule has 1 fully saturated rings. The van der Waals surface area contributed by atoms with E-state index in [4.69, 9.17) is 0 Å². The zero-order valence-electron chi connectivity index (χ0n) is 10.4. The molecule has 17 heavy (non-hydrogen) atoms. The van der Waals surface area contributed by atoms with Crippen molar-refractivity contribution in [3.8, 4) is 0 Å². The highest BCUT2D eigenvalue weighted by atomic mass is 16.5. The van der Waals surface area contributed by atoms with E-state index in [1.807, 2.05) is 11.6 Å². The first-order valence-corrected chi connectivity index (χ1v) is 6.52.